The highest BCUT2D eigenvalue weighted by Crippen LogP contribution is 2.15. The Morgan fingerprint density at radius 2 is 1.68 bits per heavy atom. The molecule has 0 unspecified atom stereocenters. The molecule has 0 saturated carbocycles. The van der Waals surface area contributed by atoms with Crippen LogP contribution in [0.5, 0.6) is 0 Å². The van der Waals surface area contributed by atoms with Crippen LogP contribution in [0.25, 0.3) is 0 Å². The molecule has 0 radical (unpaired) electrons. The number of carbonyl (C=O) groups is 1. The quantitative estimate of drug-likeness (QED) is 0.466. The van der Waals surface area contributed by atoms with Crippen molar-refractivity contribution in [2.75, 3.05) is 17.2 Å². The second-order valence-electron chi connectivity index (χ2n) is 4.75. The first-order valence-electron chi connectivity index (χ1n) is 6.98. The van der Waals surface area contributed by atoms with E-state index in [9.17, 15) is 14.9 Å². The Bertz CT molecular complexity index is 627. The van der Waals surface area contributed by atoms with Gasteiger partial charge in [0.25, 0.3) is 5.69 Å². The predicted octanol–water partition coefficient (Wildman–Crippen LogP) is 3.43. The van der Waals surface area contributed by atoms with Gasteiger partial charge in [0, 0.05) is 36.5 Å². The Kier molecular flexibility index (Phi) is 5.48. The van der Waals surface area contributed by atoms with Crippen LogP contribution in [-0.4, -0.2) is 17.4 Å². The van der Waals surface area contributed by atoms with Crippen LogP contribution in [0.3, 0.4) is 0 Å². The van der Waals surface area contributed by atoms with Crippen molar-refractivity contribution >= 4 is 23.0 Å². The van der Waals surface area contributed by atoms with E-state index in [2.05, 4.69) is 10.6 Å². The minimum atomic E-state index is -0.433. The summed E-state index contributed by atoms with van der Waals surface area (Å²) in [5.74, 6) is -0.0308. The van der Waals surface area contributed by atoms with Gasteiger partial charge in [-0.3, -0.25) is 14.9 Å². The van der Waals surface area contributed by atoms with Gasteiger partial charge in [0.05, 0.1) is 4.92 Å². The van der Waals surface area contributed by atoms with Crippen LogP contribution in [-0.2, 0) is 4.79 Å². The molecule has 0 fully saturated rings. The maximum absolute atomic E-state index is 11.7. The minimum absolute atomic E-state index is 0.0308. The standard InChI is InChI=1S/C16H17N3O3/c20-16(18-14-5-2-1-3-6-14)7-4-12-17-13-8-10-15(11-9-13)19(21)22/h1-3,5-6,8-11,17H,4,7,12H2,(H,18,20). The second kappa shape index (κ2) is 7.78. The summed E-state index contributed by atoms with van der Waals surface area (Å²) in [4.78, 5) is 21.8. The van der Waals surface area contributed by atoms with Gasteiger partial charge in [0.15, 0.2) is 0 Å². The molecule has 6 nitrogen and oxygen atoms in total. The summed E-state index contributed by atoms with van der Waals surface area (Å²) in [5.41, 5.74) is 1.65. The lowest BCUT2D eigenvalue weighted by Crippen LogP contribution is -2.13. The summed E-state index contributed by atoms with van der Waals surface area (Å²) in [6.07, 6.45) is 1.09. The maximum Gasteiger partial charge on any atom is 0.269 e. The summed E-state index contributed by atoms with van der Waals surface area (Å²) in [5, 5.41) is 16.5. The van der Waals surface area contributed by atoms with Crippen molar-refractivity contribution in [2.45, 2.75) is 12.8 Å². The van der Waals surface area contributed by atoms with Gasteiger partial charge < -0.3 is 10.6 Å². The van der Waals surface area contributed by atoms with Crippen LogP contribution < -0.4 is 10.6 Å². The number of hydrogen-bond acceptors (Lipinski definition) is 4. The predicted molar refractivity (Wildman–Crippen MR) is 85.9 cm³/mol. The number of carbonyl (C=O) groups excluding carboxylic acids is 1. The fourth-order valence-electron chi connectivity index (χ4n) is 1.93. The molecule has 2 aromatic carbocycles. The third-order valence-corrected chi connectivity index (χ3v) is 3.05. The Hall–Kier alpha value is -2.89. The monoisotopic (exact) mass is 299 g/mol. The molecular formula is C16H17N3O3. The van der Waals surface area contributed by atoms with E-state index in [0.29, 0.717) is 19.4 Å². The molecule has 0 aromatic heterocycles. The first-order chi connectivity index (χ1) is 10.6. The molecule has 0 aliphatic carbocycles. The van der Waals surface area contributed by atoms with Crippen molar-refractivity contribution < 1.29 is 9.72 Å². The van der Waals surface area contributed by atoms with Gasteiger partial charge in [-0.05, 0) is 30.7 Å². The number of amides is 1. The number of nitrogens with one attached hydrogen (secondary N) is 2. The highest BCUT2D eigenvalue weighted by atomic mass is 16.6. The van der Waals surface area contributed by atoms with Gasteiger partial charge in [-0.15, -0.1) is 0 Å². The van der Waals surface area contributed by atoms with Crippen molar-refractivity contribution in [1.29, 1.82) is 0 Å². The van der Waals surface area contributed by atoms with E-state index in [1.165, 1.54) is 12.1 Å². The summed E-state index contributed by atoms with van der Waals surface area (Å²) >= 11 is 0. The number of para-hydroxylation sites is 1. The van der Waals surface area contributed by atoms with Gasteiger partial charge in [-0.1, -0.05) is 18.2 Å². The lowest BCUT2D eigenvalue weighted by atomic mass is 10.2. The summed E-state index contributed by atoms with van der Waals surface area (Å²) in [7, 11) is 0. The molecule has 0 aliphatic rings. The zero-order chi connectivity index (χ0) is 15.8. The average Bonchev–Trinajstić information content (AvgIpc) is 2.53. The Morgan fingerprint density at radius 3 is 2.32 bits per heavy atom. The van der Waals surface area contributed by atoms with E-state index in [0.717, 1.165) is 11.4 Å². The van der Waals surface area contributed by atoms with Crippen LogP contribution in [0.1, 0.15) is 12.8 Å². The summed E-state index contributed by atoms with van der Waals surface area (Å²) in [6.45, 7) is 0.625. The van der Waals surface area contributed by atoms with Crippen molar-refractivity contribution in [1.82, 2.24) is 0 Å². The van der Waals surface area contributed by atoms with E-state index >= 15 is 0 Å². The molecule has 22 heavy (non-hydrogen) atoms. The lowest BCUT2D eigenvalue weighted by molar-refractivity contribution is -0.384. The van der Waals surface area contributed by atoms with Crippen molar-refractivity contribution in [3.8, 4) is 0 Å². The zero-order valence-corrected chi connectivity index (χ0v) is 12.0. The lowest BCUT2D eigenvalue weighted by Gasteiger charge is -2.07. The number of benzene rings is 2. The van der Waals surface area contributed by atoms with Crippen LogP contribution in [0.15, 0.2) is 54.6 Å². The number of nitro groups is 1. The summed E-state index contributed by atoms with van der Waals surface area (Å²) in [6, 6.07) is 15.5. The fourth-order valence-corrected chi connectivity index (χ4v) is 1.93. The number of rotatable bonds is 7. The molecule has 114 valence electrons. The SMILES string of the molecule is O=C(CCCNc1ccc([N+](=O)[O-])cc1)Nc1ccccc1. The molecule has 0 saturated heterocycles. The van der Waals surface area contributed by atoms with E-state index < -0.39 is 4.92 Å². The highest BCUT2D eigenvalue weighted by Gasteiger charge is 2.04. The molecule has 2 aromatic rings. The molecular weight excluding hydrogens is 282 g/mol. The van der Waals surface area contributed by atoms with Crippen molar-refractivity contribution in [3.63, 3.8) is 0 Å². The van der Waals surface area contributed by atoms with Gasteiger partial charge >= 0.3 is 0 Å². The number of anilines is 2. The first-order valence-corrected chi connectivity index (χ1v) is 6.98. The molecule has 2 N–H and O–H groups in total. The Labute approximate surface area is 128 Å². The van der Waals surface area contributed by atoms with Gasteiger partial charge in [-0.25, -0.2) is 0 Å². The van der Waals surface area contributed by atoms with E-state index in [1.54, 1.807) is 12.1 Å². The molecule has 2 rings (SSSR count). The van der Waals surface area contributed by atoms with E-state index in [4.69, 9.17) is 0 Å². The smallest absolute Gasteiger partial charge is 0.269 e. The second-order valence-corrected chi connectivity index (χ2v) is 4.75. The molecule has 0 bridgehead atoms. The number of nitrogens with zero attached hydrogens (tertiary/aromatic N) is 1. The Balaban J connectivity index is 1.68. The van der Waals surface area contributed by atoms with Crippen LogP contribution in [0, 0.1) is 10.1 Å². The third-order valence-electron chi connectivity index (χ3n) is 3.05. The Morgan fingerprint density at radius 1 is 1.00 bits per heavy atom. The van der Waals surface area contributed by atoms with Crippen LogP contribution in [0.4, 0.5) is 17.1 Å². The molecule has 1 amide bonds. The molecule has 0 atom stereocenters. The minimum Gasteiger partial charge on any atom is -0.385 e. The normalized spacial score (nSPS) is 10.0. The zero-order valence-electron chi connectivity index (χ0n) is 12.0. The average molecular weight is 299 g/mol. The van der Waals surface area contributed by atoms with Crippen molar-refractivity contribution in [2.24, 2.45) is 0 Å². The molecule has 6 heteroatoms. The van der Waals surface area contributed by atoms with Gasteiger partial charge in [0.1, 0.15) is 0 Å². The van der Waals surface area contributed by atoms with E-state index in [-0.39, 0.29) is 11.6 Å². The van der Waals surface area contributed by atoms with Crippen LogP contribution in [0.2, 0.25) is 0 Å². The first kappa shape index (κ1) is 15.5. The topological polar surface area (TPSA) is 84.3 Å². The van der Waals surface area contributed by atoms with Crippen LogP contribution >= 0.6 is 0 Å². The van der Waals surface area contributed by atoms with Gasteiger partial charge in [-0.2, -0.15) is 0 Å². The number of non-ortho nitro benzene ring substituents is 1. The number of hydrogen-bond donors (Lipinski definition) is 2. The third kappa shape index (κ3) is 4.90. The fraction of sp³-hybridized carbons (Fsp3) is 0.188. The highest BCUT2D eigenvalue weighted by molar-refractivity contribution is 5.90. The molecule has 0 spiro atoms. The van der Waals surface area contributed by atoms with Gasteiger partial charge in [0.2, 0.25) is 5.91 Å². The summed E-state index contributed by atoms with van der Waals surface area (Å²) < 4.78 is 0. The largest absolute Gasteiger partial charge is 0.385 e. The van der Waals surface area contributed by atoms with E-state index in [1.807, 2.05) is 30.3 Å². The molecule has 0 aliphatic heterocycles. The maximum atomic E-state index is 11.7. The van der Waals surface area contributed by atoms with Crippen molar-refractivity contribution in [3.05, 3.63) is 64.7 Å². The number of nitro benzene ring substituents is 1. The molecule has 0 heterocycles.